The van der Waals surface area contributed by atoms with Crippen LogP contribution in [0.25, 0.3) is 0 Å². The number of hydrogen-bond acceptors (Lipinski definition) is 2. The summed E-state index contributed by atoms with van der Waals surface area (Å²) in [5.41, 5.74) is 0.273. The molecule has 0 spiro atoms. The fourth-order valence-electron chi connectivity index (χ4n) is 2.35. The average Bonchev–Trinajstić information content (AvgIpc) is 2.02. The minimum absolute atomic E-state index is 0.273. The van der Waals surface area contributed by atoms with Crippen LogP contribution in [0.5, 0.6) is 0 Å². The van der Waals surface area contributed by atoms with E-state index in [9.17, 15) is 0 Å². The van der Waals surface area contributed by atoms with Gasteiger partial charge in [0.05, 0.1) is 0 Å². The lowest BCUT2D eigenvalue weighted by atomic mass is 9.89. The van der Waals surface area contributed by atoms with Crippen molar-refractivity contribution >= 4 is 0 Å². The SMILES string of the molecule is CN(C)C1CCC(NC(C)(C)C)CC1. The molecule has 14 heavy (non-hydrogen) atoms. The van der Waals surface area contributed by atoms with E-state index in [-0.39, 0.29) is 5.54 Å². The van der Waals surface area contributed by atoms with Gasteiger partial charge < -0.3 is 10.2 Å². The van der Waals surface area contributed by atoms with Gasteiger partial charge in [0.15, 0.2) is 0 Å². The van der Waals surface area contributed by atoms with Crippen LogP contribution in [-0.4, -0.2) is 36.6 Å². The van der Waals surface area contributed by atoms with Crippen LogP contribution in [0.1, 0.15) is 46.5 Å². The van der Waals surface area contributed by atoms with Crippen LogP contribution in [0.4, 0.5) is 0 Å². The van der Waals surface area contributed by atoms with Gasteiger partial charge in [-0.15, -0.1) is 0 Å². The molecule has 1 saturated carbocycles. The van der Waals surface area contributed by atoms with Gasteiger partial charge in [-0.05, 0) is 60.5 Å². The molecule has 1 rings (SSSR count). The molecule has 0 aromatic carbocycles. The second kappa shape index (κ2) is 4.63. The molecule has 0 aromatic heterocycles. The molecule has 0 heterocycles. The van der Waals surface area contributed by atoms with Crippen molar-refractivity contribution in [1.82, 2.24) is 10.2 Å². The molecule has 1 N–H and O–H groups in total. The van der Waals surface area contributed by atoms with Crippen LogP contribution in [-0.2, 0) is 0 Å². The zero-order valence-electron chi connectivity index (χ0n) is 10.4. The minimum atomic E-state index is 0.273. The van der Waals surface area contributed by atoms with Gasteiger partial charge in [-0.3, -0.25) is 0 Å². The van der Waals surface area contributed by atoms with E-state index in [1.165, 1.54) is 25.7 Å². The molecule has 0 bridgehead atoms. The Morgan fingerprint density at radius 2 is 1.50 bits per heavy atom. The van der Waals surface area contributed by atoms with Crippen LogP contribution in [0, 0.1) is 0 Å². The van der Waals surface area contributed by atoms with Crippen molar-refractivity contribution < 1.29 is 0 Å². The summed E-state index contributed by atoms with van der Waals surface area (Å²) in [6, 6.07) is 1.55. The highest BCUT2D eigenvalue weighted by atomic mass is 15.1. The Labute approximate surface area is 89.1 Å². The molecule has 84 valence electrons. The summed E-state index contributed by atoms with van der Waals surface area (Å²) in [5, 5.41) is 3.70. The van der Waals surface area contributed by atoms with E-state index < -0.39 is 0 Å². The highest BCUT2D eigenvalue weighted by molar-refractivity contribution is 4.84. The Kier molecular flexibility index (Phi) is 3.96. The smallest absolute Gasteiger partial charge is 0.00990 e. The predicted molar refractivity (Wildman–Crippen MR) is 62.6 cm³/mol. The molecule has 0 radical (unpaired) electrons. The van der Waals surface area contributed by atoms with Crippen LogP contribution >= 0.6 is 0 Å². The highest BCUT2D eigenvalue weighted by Gasteiger charge is 2.24. The van der Waals surface area contributed by atoms with Gasteiger partial charge in [0.25, 0.3) is 0 Å². The first-order valence-electron chi connectivity index (χ1n) is 5.82. The third kappa shape index (κ3) is 3.97. The van der Waals surface area contributed by atoms with Crippen molar-refractivity contribution in [2.24, 2.45) is 0 Å². The predicted octanol–water partition coefficient (Wildman–Crippen LogP) is 2.25. The summed E-state index contributed by atoms with van der Waals surface area (Å²) < 4.78 is 0. The third-order valence-electron chi connectivity index (χ3n) is 3.06. The van der Waals surface area contributed by atoms with Crippen molar-refractivity contribution in [2.45, 2.75) is 64.1 Å². The second-order valence-electron chi connectivity index (χ2n) is 5.86. The zero-order valence-corrected chi connectivity index (χ0v) is 10.4. The van der Waals surface area contributed by atoms with Gasteiger partial charge in [0.2, 0.25) is 0 Å². The molecule has 0 aliphatic heterocycles. The van der Waals surface area contributed by atoms with E-state index in [0.29, 0.717) is 0 Å². The molecular formula is C12H26N2. The maximum absolute atomic E-state index is 3.70. The van der Waals surface area contributed by atoms with E-state index in [0.717, 1.165) is 12.1 Å². The lowest BCUT2D eigenvalue weighted by molar-refractivity contribution is 0.190. The summed E-state index contributed by atoms with van der Waals surface area (Å²) in [5.74, 6) is 0. The first-order chi connectivity index (χ1) is 6.38. The second-order valence-corrected chi connectivity index (χ2v) is 5.86. The molecule has 0 saturated heterocycles. The van der Waals surface area contributed by atoms with Gasteiger partial charge in [-0.1, -0.05) is 0 Å². The van der Waals surface area contributed by atoms with Gasteiger partial charge in [-0.25, -0.2) is 0 Å². The van der Waals surface area contributed by atoms with Gasteiger partial charge in [-0.2, -0.15) is 0 Å². The van der Waals surface area contributed by atoms with E-state index in [1.807, 2.05) is 0 Å². The summed E-state index contributed by atoms with van der Waals surface area (Å²) in [7, 11) is 4.39. The Bertz CT molecular complexity index is 162. The van der Waals surface area contributed by atoms with Crippen LogP contribution < -0.4 is 5.32 Å². The standard InChI is InChI=1S/C12H26N2/c1-12(2,3)13-10-6-8-11(9-7-10)14(4)5/h10-11,13H,6-9H2,1-5H3. The van der Waals surface area contributed by atoms with Crippen molar-refractivity contribution in [3.63, 3.8) is 0 Å². The number of hydrogen-bond donors (Lipinski definition) is 1. The van der Waals surface area contributed by atoms with E-state index >= 15 is 0 Å². The maximum Gasteiger partial charge on any atom is 0.00990 e. The van der Waals surface area contributed by atoms with Crippen molar-refractivity contribution in [3.8, 4) is 0 Å². The molecule has 1 aliphatic rings. The number of rotatable bonds is 2. The molecule has 1 aliphatic carbocycles. The summed E-state index contributed by atoms with van der Waals surface area (Å²) in [6.07, 6.45) is 5.36. The van der Waals surface area contributed by atoms with Crippen LogP contribution in [0.3, 0.4) is 0 Å². The first kappa shape index (κ1) is 12.0. The molecular weight excluding hydrogens is 172 g/mol. The molecule has 2 nitrogen and oxygen atoms in total. The van der Waals surface area contributed by atoms with E-state index in [4.69, 9.17) is 0 Å². The lowest BCUT2D eigenvalue weighted by Gasteiger charge is -2.36. The monoisotopic (exact) mass is 198 g/mol. The highest BCUT2D eigenvalue weighted by Crippen LogP contribution is 2.22. The Balaban J connectivity index is 2.29. The molecule has 1 fully saturated rings. The normalized spacial score (nSPS) is 29.6. The fourth-order valence-corrected chi connectivity index (χ4v) is 2.35. The lowest BCUT2D eigenvalue weighted by Crippen LogP contribution is -2.47. The largest absolute Gasteiger partial charge is 0.309 e. The molecule has 0 atom stereocenters. The number of nitrogens with one attached hydrogen (secondary N) is 1. The molecule has 0 aromatic rings. The summed E-state index contributed by atoms with van der Waals surface area (Å²) >= 11 is 0. The molecule has 2 heteroatoms. The first-order valence-corrected chi connectivity index (χ1v) is 5.82. The van der Waals surface area contributed by atoms with Crippen molar-refractivity contribution in [2.75, 3.05) is 14.1 Å². The van der Waals surface area contributed by atoms with E-state index in [2.05, 4.69) is 45.1 Å². The Morgan fingerprint density at radius 1 is 1.00 bits per heavy atom. The van der Waals surface area contributed by atoms with Crippen molar-refractivity contribution in [1.29, 1.82) is 0 Å². The minimum Gasteiger partial charge on any atom is -0.309 e. The van der Waals surface area contributed by atoms with Gasteiger partial charge in [0, 0.05) is 17.6 Å². The Hall–Kier alpha value is -0.0800. The van der Waals surface area contributed by atoms with E-state index in [1.54, 1.807) is 0 Å². The number of nitrogens with zero attached hydrogens (tertiary/aromatic N) is 1. The zero-order chi connectivity index (χ0) is 10.8. The quantitative estimate of drug-likeness (QED) is 0.732. The van der Waals surface area contributed by atoms with Gasteiger partial charge >= 0.3 is 0 Å². The average molecular weight is 198 g/mol. The van der Waals surface area contributed by atoms with Crippen LogP contribution in [0.15, 0.2) is 0 Å². The van der Waals surface area contributed by atoms with Crippen LogP contribution in [0.2, 0.25) is 0 Å². The fraction of sp³-hybridized carbons (Fsp3) is 1.00. The summed E-state index contributed by atoms with van der Waals surface area (Å²) in [4.78, 5) is 2.37. The van der Waals surface area contributed by atoms with Crippen molar-refractivity contribution in [3.05, 3.63) is 0 Å². The summed E-state index contributed by atoms with van der Waals surface area (Å²) in [6.45, 7) is 6.76. The third-order valence-corrected chi connectivity index (χ3v) is 3.06. The molecule has 0 unspecified atom stereocenters. The molecule has 0 amide bonds. The Morgan fingerprint density at radius 3 is 1.86 bits per heavy atom. The van der Waals surface area contributed by atoms with Gasteiger partial charge in [0.1, 0.15) is 0 Å². The maximum atomic E-state index is 3.70. The topological polar surface area (TPSA) is 15.3 Å².